The monoisotopic (exact) mass is 293 g/mol. The Morgan fingerprint density at radius 3 is 2.45 bits per heavy atom. The van der Waals surface area contributed by atoms with Gasteiger partial charge < -0.3 is 5.11 Å². The number of hydrogen-bond donors (Lipinski definition) is 1. The normalized spacial score (nSPS) is 40.0. The van der Waals surface area contributed by atoms with Crippen LogP contribution in [0.2, 0.25) is 0 Å². The summed E-state index contributed by atoms with van der Waals surface area (Å²) in [7, 11) is 0. The predicted octanol–water partition coefficient (Wildman–Crippen LogP) is 3.15. The molecule has 1 N–H and O–H groups in total. The molecule has 0 aromatic rings. The number of carbonyl (C=O) groups is 1. The van der Waals surface area contributed by atoms with Crippen LogP contribution in [-0.4, -0.2) is 41.3 Å². The van der Waals surface area contributed by atoms with E-state index in [9.17, 15) is 18.0 Å². The van der Waals surface area contributed by atoms with Crippen molar-refractivity contribution in [2.24, 2.45) is 17.3 Å². The summed E-state index contributed by atoms with van der Waals surface area (Å²) in [4.78, 5) is 13.0. The molecule has 0 amide bonds. The van der Waals surface area contributed by atoms with Crippen LogP contribution in [0.15, 0.2) is 0 Å². The van der Waals surface area contributed by atoms with Gasteiger partial charge in [0.1, 0.15) is 0 Å². The number of likely N-dealkylation sites (tertiary alicyclic amines) is 1. The molecule has 4 atom stereocenters. The van der Waals surface area contributed by atoms with Crippen LogP contribution in [0.25, 0.3) is 0 Å². The van der Waals surface area contributed by atoms with Gasteiger partial charge in [-0.1, -0.05) is 20.3 Å². The molecule has 1 saturated carbocycles. The van der Waals surface area contributed by atoms with E-state index in [1.807, 2.05) is 0 Å². The van der Waals surface area contributed by atoms with Gasteiger partial charge in [0.15, 0.2) is 5.41 Å². The fourth-order valence-corrected chi connectivity index (χ4v) is 3.66. The Morgan fingerprint density at radius 1 is 1.30 bits per heavy atom. The van der Waals surface area contributed by atoms with E-state index in [4.69, 9.17) is 5.11 Å². The van der Waals surface area contributed by atoms with Crippen molar-refractivity contribution >= 4 is 5.97 Å². The van der Waals surface area contributed by atoms with Gasteiger partial charge in [0.25, 0.3) is 0 Å². The lowest BCUT2D eigenvalue weighted by atomic mass is 9.79. The van der Waals surface area contributed by atoms with Crippen molar-refractivity contribution in [1.82, 2.24) is 4.90 Å². The molecule has 1 aliphatic carbocycles. The van der Waals surface area contributed by atoms with Crippen LogP contribution in [0, 0.1) is 17.3 Å². The van der Waals surface area contributed by atoms with E-state index in [1.54, 1.807) is 4.90 Å². The van der Waals surface area contributed by atoms with Crippen LogP contribution in [-0.2, 0) is 4.79 Å². The number of nitrogens with zero attached hydrogens (tertiary/aromatic N) is 1. The lowest BCUT2D eigenvalue weighted by Crippen LogP contribution is -2.49. The molecule has 2 aliphatic rings. The Bertz CT molecular complexity index is 385. The predicted molar refractivity (Wildman–Crippen MR) is 68.3 cm³/mol. The second-order valence-corrected chi connectivity index (χ2v) is 6.57. The highest BCUT2D eigenvalue weighted by Crippen LogP contribution is 2.47. The van der Waals surface area contributed by atoms with Gasteiger partial charge in [0.2, 0.25) is 0 Å². The number of hydrogen-bond acceptors (Lipinski definition) is 2. The first-order valence-corrected chi connectivity index (χ1v) is 7.21. The van der Waals surface area contributed by atoms with Crippen LogP contribution < -0.4 is 0 Å². The maximum atomic E-state index is 13.2. The average Bonchev–Trinajstić information content (AvgIpc) is 2.78. The lowest BCUT2D eigenvalue weighted by Gasteiger charge is -2.39. The van der Waals surface area contributed by atoms with Crippen molar-refractivity contribution in [3.8, 4) is 0 Å². The van der Waals surface area contributed by atoms with Gasteiger partial charge in [-0.2, -0.15) is 13.2 Å². The van der Waals surface area contributed by atoms with E-state index in [-0.39, 0.29) is 19.0 Å². The Kier molecular flexibility index (Phi) is 4.06. The number of carboxylic acid groups (broad SMARTS) is 1. The fourth-order valence-electron chi connectivity index (χ4n) is 3.66. The molecule has 20 heavy (non-hydrogen) atoms. The second-order valence-electron chi connectivity index (χ2n) is 6.57. The molecule has 3 nitrogen and oxygen atoms in total. The van der Waals surface area contributed by atoms with E-state index >= 15 is 0 Å². The van der Waals surface area contributed by atoms with E-state index in [0.29, 0.717) is 11.8 Å². The molecule has 0 aromatic heterocycles. The molecule has 0 bridgehead atoms. The summed E-state index contributed by atoms with van der Waals surface area (Å²) >= 11 is 0. The van der Waals surface area contributed by atoms with Crippen LogP contribution in [0.4, 0.5) is 13.2 Å². The third-order valence-corrected chi connectivity index (χ3v) is 5.14. The molecule has 6 heteroatoms. The highest BCUT2D eigenvalue weighted by atomic mass is 19.4. The Labute approximate surface area is 117 Å². The van der Waals surface area contributed by atoms with Gasteiger partial charge in [0, 0.05) is 12.6 Å². The molecule has 1 aliphatic heterocycles. The Morgan fingerprint density at radius 2 is 1.95 bits per heavy atom. The molecule has 4 unspecified atom stereocenters. The molecule has 0 spiro atoms. The maximum Gasteiger partial charge on any atom is 0.406 e. The van der Waals surface area contributed by atoms with Gasteiger partial charge in [-0.3, -0.25) is 9.69 Å². The Balaban J connectivity index is 2.16. The lowest BCUT2D eigenvalue weighted by molar-refractivity contribution is -0.228. The molecule has 2 rings (SSSR count). The zero-order valence-corrected chi connectivity index (χ0v) is 11.9. The smallest absolute Gasteiger partial charge is 0.406 e. The van der Waals surface area contributed by atoms with Crippen LogP contribution in [0.3, 0.4) is 0 Å². The summed E-state index contributed by atoms with van der Waals surface area (Å²) in [5.41, 5.74) is -2.58. The van der Waals surface area contributed by atoms with Gasteiger partial charge >= 0.3 is 12.1 Å². The molecule has 1 heterocycles. The van der Waals surface area contributed by atoms with Gasteiger partial charge in [-0.15, -0.1) is 0 Å². The molecule has 2 fully saturated rings. The first-order valence-electron chi connectivity index (χ1n) is 7.21. The molecular formula is C14H22F3NO2. The van der Waals surface area contributed by atoms with Gasteiger partial charge in [-0.25, -0.2) is 0 Å². The number of rotatable bonds is 2. The molecule has 0 aromatic carbocycles. The summed E-state index contributed by atoms with van der Waals surface area (Å²) in [6.45, 7) is 4.01. The zero-order chi connectivity index (χ0) is 15.1. The van der Waals surface area contributed by atoms with Crippen molar-refractivity contribution in [1.29, 1.82) is 0 Å². The first kappa shape index (κ1) is 15.6. The third-order valence-electron chi connectivity index (χ3n) is 5.14. The fraction of sp³-hybridized carbons (Fsp3) is 0.929. The zero-order valence-electron chi connectivity index (χ0n) is 11.9. The van der Waals surface area contributed by atoms with Crippen molar-refractivity contribution < 1.29 is 23.1 Å². The first-order chi connectivity index (χ1) is 9.17. The van der Waals surface area contributed by atoms with Gasteiger partial charge in [-0.05, 0) is 37.6 Å². The minimum absolute atomic E-state index is 0.0855. The van der Waals surface area contributed by atoms with Crippen molar-refractivity contribution in [3.05, 3.63) is 0 Å². The third kappa shape index (κ3) is 2.54. The quantitative estimate of drug-likeness (QED) is 0.850. The molecule has 0 radical (unpaired) electrons. The summed E-state index contributed by atoms with van der Waals surface area (Å²) in [5, 5.41) is 9.09. The molecule has 1 saturated heterocycles. The summed E-state index contributed by atoms with van der Waals surface area (Å²) < 4.78 is 39.5. The number of alkyl halides is 3. The van der Waals surface area contributed by atoms with E-state index in [1.165, 1.54) is 0 Å². The van der Waals surface area contributed by atoms with E-state index in [2.05, 4.69) is 13.8 Å². The maximum absolute atomic E-state index is 13.2. The number of aliphatic carboxylic acids is 1. The summed E-state index contributed by atoms with van der Waals surface area (Å²) in [6.07, 6.45) is -2.03. The largest absolute Gasteiger partial charge is 0.481 e. The van der Waals surface area contributed by atoms with E-state index in [0.717, 1.165) is 19.3 Å². The summed E-state index contributed by atoms with van der Waals surface area (Å²) in [6, 6.07) is 0.0855. The van der Waals surface area contributed by atoms with Crippen molar-refractivity contribution in [2.45, 2.75) is 51.7 Å². The van der Waals surface area contributed by atoms with E-state index < -0.39 is 24.1 Å². The highest BCUT2D eigenvalue weighted by Gasteiger charge is 2.64. The number of halogens is 3. The van der Waals surface area contributed by atoms with Crippen LogP contribution in [0.5, 0.6) is 0 Å². The number of carboxylic acids is 1. The summed E-state index contributed by atoms with van der Waals surface area (Å²) in [5.74, 6) is -0.894. The minimum atomic E-state index is -4.68. The molecular weight excluding hydrogens is 271 g/mol. The average molecular weight is 293 g/mol. The SMILES string of the molecule is CC1CCC(C)C(N2CCC(C(=O)O)(C(F)(F)F)C2)C1. The van der Waals surface area contributed by atoms with Crippen LogP contribution >= 0.6 is 0 Å². The highest BCUT2D eigenvalue weighted by molar-refractivity contribution is 5.76. The molecule has 116 valence electrons. The van der Waals surface area contributed by atoms with Crippen molar-refractivity contribution in [3.63, 3.8) is 0 Å². The Hall–Kier alpha value is -0.780. The second kappa shape index (κ2) is 5.20. The van der Waals surface area contributed by atoms with Crippen LogP contribution in [0.1, 0.15) is 39.5 Å². The van der Waals surface area contributed by atoms with Crippen molar-refractivity contribution in [2.75, 3.05) is 13.1 Å². The minimum Gasteiger partial charge on any atom is -0.481 e. The topological polar surface area (TPSA) is 40.5 Å². The van der Waals surface area contributed by atoms with Gasteiger partial charge in [0.05, 0.1) is 0 Å². The standard InChI is InChI=1S/C14H22F3NO2/c1-9-3-4-10(2)11(7-9)18-6-5-13(8-18,12(19)20)14(15,16)17/h9-11H,3-8H2,1-2H3,(H,19,20).